The Bertz CT molecular complexity index is 324. The standard InChI is InChI=1S/C12H15Cl2O/c1-3-5-6-15-11-8-9(4-2)7-10(13)12(11)14/h7-8H,2-6H2,1H3. The zero-order chi connectivity index (χ0) is 11.3. The normalized spacial score (nSPS) is 10.4. The highest BCUT2D eigenvalue weighted by Crippen LogP contribution is 2.33. The Kier molecular flexibility index (Phi) is 5.27. The molecule has 1 radical (unpaired) electrons. The molecule has 0 saturated carbocycles. The number of hydrogen-bond acceptors (Lipinski definition) is 1. The Balaban J connectivity index is 2.80. The summed E-state index contributed by atoms with van der Waals surface area (Å²) in [6, 6.07) is 3.72. The minimum absolute atomic E-state index is 0.491. The first-order chi connectivity index (χ1) is 7.19. The van der Waals surface area contributed by atoms with E-state index in [0.29, 0.717) is 28.8 Å². The second-order valence-electron chi connectivity index (χ2n) is 3.34. The average Bonchev–Trinajstić information content (AvgIpc) is 2.24. The molecule has 83 valence electrons. The van der Waals surface area contributed by atoms with Crippen molar-refractivity contribution in [2.24, 2.45) is 0 Å². The van der Waals surface area contributed by atoms with Crippen LogP contribution < -0.4 is 4.74 Å². The SMILES string of the molecule is [CH2]Cc1cc(Cl)c(Cl)c(OCCCC)c1. The predicted octanol–water partition coefficient (Wildman–Crippen LogP) is 4.55. The third-order valence-corrected chi connectivity index (χ3v) is 2.88. The Morgan fingerprint density at radius 1 is 1.33 bits per heavy atom. The van der Waals surface area contributed by atoms with E-state index in [4.69, 9.17) is 27.9 Å². The lowest BCUT2D eigenvalue weighted by Crippen LogP contribution is -1.98. The van der Waals surface area contributed by atoms with E-state index in [0.717, 1.165) is 18.4 Å². The van der Waals surface area contributed by atoms with Gasteiger partial charge in [0.25, 0.3) is 0 Å². The van der Waals surface area contributed by atoms with Crippen molar-refractivity contribution in [1.29, 1.82) is 0 Å². The van der Waals surface area contributed by atoms with Gasteiger partial charge in [-0.15, -0.1) is 0 Å². The van der Waals surface area contributed by atoms with Gasteiger partial charge in [-0.05, 0) is 37.5 Å². The molecule has 0 amide bonds. The molecule has 0 spiro atoms. The van der Waals surface area contributed by atoms with E-state index in [-0.39, 0.29) is 0 Å². The molecule has 0 bridgehead atoms. The third-order valence-electron chi connectivity index (χ3n) is 2.10. The van der Waals surface area contributed by atoms with Crippen LogP contribution in [0.1, 0.15) is 25.3 Å². The molecule has 0 fully saturated rings. The fourth-order valence-electron chi connectivity index (χ4n) is 1.19. The highest BCUT2D eigenvalue weighted by atomic mass is 35.5. The summed E-state index contributed by atoms with van der Waals surface area (Å²) in [5.41, 5.74) is 1.04. The Labute approximate surface area is 101 Å². The fraction of sp³-hybridized carbons (Fsp3) is 0.417. The molecular weight excluding hydrogens is 231 g/mol. The minimum atomic E-state index is 0.491. The van der Waals surface area contributed by atoms with Gasteiger partial charge in [0.15, 0.2) is 0 Å². The van der Waals surface area contributed by atoms with Gasteiger partial charge in [-0.25, -0.2) is 0 Å². The van der Waals surface area contributed by atoms with E-state index >= 15 is 0 Å². The van der Waals surface area contributed by atoms with E-state index in [1.54, 1.807) is 0 Å². The summed E-state index contributed by atoms with van der Waals surface area (Å²) in [4.78, 5) is 0. The van der Waals surface area contributed by atoms with Gasteiger partial charge in [-0.2, -0.15) is 0 Å². The molecule has 0 heterocycles. The first-order valence-corrected chi connectivity index (χ1v) is 5.84. The first-order valence-electron chi connectivity index (χ1n) is 5.09. The van der Waals surface area contributed by atoms with Gasteiger partial charge in [0.2, 0.25) is 0 Å². The topological polar surface area (TPSA) is 9.23 Å². The van der Waals surface area contributed by atoms with Crippen LogP contribution in [0.2, 0.25) is 10.0 Å². The second-order valence-corrected chi connectivity index (χ2v) is 4.13. The second kappa shape index (κ2) is 6.24. The predicted molar refractivity (Wildman–Crippen MR) is 65.9 cm³/mol. The van der Waals surface area contributed by atoms with Crippen molar-refractivity contribution in [3.8, 4) is 5.75 Å². The lowest BCUT2D eigenvalue weighted by molar-refractivity contribution is 0.309. The highest BCUT2D eigenvalue weighted by Gasteiger charge is 2.07. The molecule has 1 rings (SSSR count). The zero-order valence-corrected chi connectivity index (χ0v) is 10.4. The van der Waals surface area contributed by atoms with Crippen molar-refractivity contribution in [3.05, 3.63) is 34.7 Å². The molecule has 0 N–H and O–H groups in total. The van der Waals surface area contributed by atoms with Crippen LogP contribution >= 0.6 is 23.2 Å². The van der Waals surface area contributed by atoms with Gasteiger partial charge < -0.3 is 4.74 Å². The average molecular weight is 246 g/mol. The summed E-state index contributed by atoms with van der Waals surface area (Å²) in [5.74, 6) is 0.663. The smallest absolute Gasteiger partial charge is 0.139 e. The number of unbranched alkanes of at least 4 members (excludes halogenated alkanes) is 1. The number of ether oxygens (including phenoxy) is 1. The number of halogens is 2. The molecule has 1 aromatic carbocycles. The highest BCUT2D eigenvalue weighted by molar-refractivity contribution is 6.43. The van der Waals surface area contributed by atoms with Gasteiger partial charge in [0, 0.05) is 0 Å². The largest absolute Gasteiger partial charge is 0.492 e. The van der Waals surface area contributed by atoms with Gasteiger partial charge in [-0.1, -0.05) is 36.5 Å². The number of rotatable bonds is 5. The molecule has 0 aliphatic rings. The van der Waals surface area contributed by atoms with Crippen LogP contribution in [0.15, 0.2) is 12.1 Å². The van der Waals surface area contributed by atoms with Crippen LogP contribution in [0.3, 0.4) is 0 Å². The molecule has 3 heteroatoms. The maximum atomic E-state index is 6.02. The van der Waals surface area contributed by atoms with Crippen LogP contribution in [0.4, 0.5) is 0 Å². The summed E-state index contributed by atoms with van der Waals surface area (Å²) in [6.45, 7) is 6.60. The molecule has 0 atom stereocenters. The summed E-state index contributed by atoms with van der Waals surface area (Å²) in [7, 11) is 0. The minimum Gasteiger partial charge on any atom is -0.492 e. The molecule has 1 aromatic rings. The zero-order valence-electron chi connectivity index (χ0n) is 8.85. The van der Waals surface area contributed by atoms with Gasteiger partial charge >= 0.3 is 0 Å². The number of benzene rings is 1. The molecule has 1 nitrogen and oxygen atoms in total. The number of hydrogen-bond donors (Lipinski definition) is 0. The van der Waals surface area contributed by atoms with E-state index in [2.05, 4.69) is 13.8 Å². The van der Waals surface area contributed by atoms with Crippen LogP contribution in [-0.2, 0) is 6.42 Å². The van der Waals surface area contributed by atoms with Crippen LogP contribution in [0, 0.1) is 6.92 Å². The molecule has 0 aromatic heterocycles. The monoisotopic (exact) mass is 245 g/mol. The molecular formula is C12H15Cl2O. The van der Waals surface area contributed by atoms with Crippen molar-refractivity contribution in [2.45, 2.75) is 26.2 Å². The van der Waals surface area contributed by atoms with Crippen LogP contribution in [0.5, 0.6) is 5.75 Å². The van der Waals surface area contributed by atoms with E-state index in [9.17, 15) is 0 Å². The summed E-state index contributed by atoms with van der Waals surface area (Å²) >= 11 is 12.0. The lowest BCUT2D eigenvalue weighted by atomic mass is 10.1. The Morgan fingerprint density at radius 3 is 2.67 bits per heavy atom. The van der Waals surface area contributed by atoms with E-state index < -0.39 is 0 Å². The van der Waals surface area contributed by atoms with E-state index in [1.165, 1.54) is 0 Å². The maximum Gasteiger partial charge on any atom is 0.139 e. The third kappa shape index (κ3) is 3.58. The van der Waals surface area contributed by atoms with Gasteiger partial charge in [0.1, 0.15) is 10.8 Å². The summed E-state index contributed by atoms with van der Waals surface area (Å²) < 4.78 is 5.56. The first kappa shape index (κ1) is 12.7. The Hall–Kier alpha value is -0.400. The van der Waals surface area contributed by atoms with E-state index in [1.807, 2.05) is 12.1 Å². The van der Waals surface area contributed by atoms with Crippen molar-refractivity contribution < 1.29 is 4.74 Å². The molecule has 0 saturated heterocycles. The van der Waals surface area contributed by atoms with Gasteiger partial charge in [-0.3, -0.25) is 0 Å². The summed E-state index contributed by atoms with van der Waals surface area (Å²) in [6.07, 6.45) is 2.80. The van der Waals surface area contributed by atoms with Crippen molar-refractivity contribution in [3.63, 3.8) is 0 Å². The van der Waals surface area contributed by atoms with Gasteiger partial charge in [0.05, 0.1) is 11.6 Å². The maximum absolute atomic E-state index is 6.02. The summed E-state index contributed by atoms with van der Waals surface area (Å²) in [5, 5.41) is 1.02. The quantitative estimate of drug-likeness (QED) is 0.692. The molecule has 0 aliphatic heterocycles. The van der Waals surface area contributed by atoms with Crippen LogP contribution in [-0.4, -0.2) is 6.61 Å². The lowest BCUT2D eigenvalue weighted by Gasteiger charge is -2.10. The van der Waals surface area contributed by atoms with Crippen molar-refractivity contribution >= 4 is 23.2 Å². The Morgan fingerprint density at radius 2 is 2.07 bits per heavy atom. The van der Waals surface area contributed by atoms with Crippen molar-refractivity contribution in [1.82, 2.24) is 0 Å². The molecule has 0 unspecified atom stereocenters. The van der Waals surface area contributed by atoms with Crippen LogP contribution in [0.25, 0.3) is 0 Å². The van der Waals surface area contributed by atoms with Crippen molar-refractivity contribution in [2.75, 3.05) is 6.61 Å². The fourth-order valence-corrected chi connectivity index (χ4v) is 1.59. The molecule has 0 aliphatic carbocycles. The molecule has 15 heavy (non-hydrogen) atoms.